The summed E-state index contributed by atoms with van der Waals surface area (Å²) >= 11 is -120. The molecular weight excluding hydrogens is 1820 g/mol. The third kappa shape index (κ3) is 4.48. The van der Waals surface area contributed by atoms with Gasteiger partial charge in [0, 0.05) is 0 Å². The van der Waals surface area contributed by atoms with E-state index in [2.05, 4.69) is 49.0 Å². The van der Waals surface area contributed by atoms with Crippen molar-refractivity contribution in [2.24, 2.45) is 0 Å². The molecule has 53 heavy (non-hydrogen) atoms. The first kappa shape index (κ1) is 39.7. The normalized spacial score (nSPS) is 57.7. The van der Waals surface area contributed by atoms with Crippen LogP contribution in [-0.2, 0) is 285 Å². The van der Waals surface area contributed by atoms with E-state index in [0.29, 0.717) is 0 Å². The summed E-state index contributed by atoms with van der Waals surface area (Å²) in [4.78, 5) is 29.2. The molecule has 0 atom stereocenters. The van der Waals surface area contributed by atoms with Gasteiger partial charge in [-0.3, -0.25) is 0 Å². The number of hydrogen-bond acceptors (Lipinski definition) is 40. The monoisotopic (exact) mass is 1850 g/mol. The summed E-state index contributed by atoms with van der Waals surface area (Å²) in [6.45, 7) is 0. The molecule has 8 aliphatic rings. The summed E-state index contributed by atoms with van der Waals surface area (Å²) in [5.74, 6) is 0. The van der Waals surface area contributed by atoms with E-state index in [0.717, 1.165) is 0 Å². The quantitative estimate of drug-likeness (QED) is 0.131. The van der Waals surface area contributed by atoms with Crippen LogP contribution < -0.4 is 0 Å². The molecule has 0 aromatic carbocycles. The van der Waals surface area contributed by atoms with Crippen molar-refractivity contribution in [1.29, 1.82) is 0 Å². The molecule has 0 unspecified atom stereocenters. The van der Waals surface area contributed by atoms with Gasteiger partial charge in [0.2, 0.25) is 0 Å². The van der Waals surface area contributed by atoms with Crippen LogP contribution >= 0.6 is 8.17 Å². The Kier molecular flexibility index (Phi) is 5.62. The molecule has 320 valence electrons. The molecule has 4 N–H and O–H groups in total. The standard InChI is InChI=1S/12Mo.H4O4P.36O/c;;;;;;;;;;;;1-5(2,3)4;;;;;;;;;;;;;;;;;;;;;;;;;;;;;;;;;;;;/h;;;;;;;;;;;;1-4H;;;;;;;;;;;;;;;;;;;;;;;;;;;;;;;;;;;;/q;;;;;;;;;;;;+1;;;;;;;;;;;;;;;;;;;;;;;;;;;;;;;;;;;;. The molecular formula is H4Mo12O40P+. The summed E-state index contributed by atoms with van der Waals surface area (Å²) in [5.41, 5.74) is 0. The third-order valence-electron chi connectivity index (χ3n) is 5.33. The van der Waals surface area contributed by atoms with Crippen LogP contribution in [-0.4, -0.2) is 19.6 Å². The van der Waals surface area contributed by atoms with Crippen LogP contribution in [0.15, 0.2) is 0 Å². The minimum atomic E-state index is -10.0. The van der Waals surface area contributed by atoms with E-state index in [-0.39, 0.29) is 0 Å². The molecule has 0 amide bonds. The molecule has 0 bridgehead atoms. The molecule has 8 heterocycles. The first-order chi connectivity index (χ1) is 22.5. The summed E-state index contributed by atoms with van der Waals surface area (Å²) in [5, 5.41) is 0. The summed E-state index contributed by atoms with van der Waals surface area (Å²) < 4.78 is 293. The maximum atomic E-state index is 15.2. The Labute approximate surface area is 306 Å². The molecule has 0 aromatic rings. The molecule has 0 saturated carbocycles. The zero-order valence-electron chi connectivity index (χ0n) is 21.8. The van der Waals surface area contributed by atoms with Crippen LogP contribution in [0.25, 0.3) is 0 Å². The predicted octanol–water partition coefficient (Wildman–Crippen LogP) is -4.46. The SMILES string of the molecule is O[P+](O)(O)O.[O]=[Mo]123[O][Mo]45(=[O])[O][Mo]6(=[O])([O]1)[O][Mo]17(=[O])[O][Mo]8(=[O])([O]2)[O][Mo]2(=[O])([O]3)[O][Mo]3(=[O])([O]4)[O][Mo]4(=[O])([O]5)[O][Mo](=[O])([O]6)([O]1)[O][Mo]1(=[O])([O]4)[O][Mo](=[O])([O]2)([O]3)[O][Mo](=[O])([O]8)([O]7)[O]1. The Hall–Kier alpha value is 5.17. The van der Waals surface area contributed by atoms with Gasteiger partial charge in [0.25, 0.3) is 0 Å². The topological polar surface area (TPSA) is 507 Å². The number of rotatable bonds is 0. The van der Waals surface area contributed by atoms with Gasteiger partial charge >= 0.3 is 293 Å². The van der Waals surface area contributed by atoms with Crippen LogP contribution in [0.2, 0.25) is 0 Å². The minimum absolute atomic E-state index is 4.39. The van der Waals surface area contributed by atoms with E-state index in [1.165, 1.54) is 0 Å². The van der Waals surface area contributed by atoms with E-state index in [4.69, 9.17) is 19.6 Å². The molecule has 40 nitrogen and oxygen atoms in total. The van der Waals surface area contributed by atoms with Crippen molar-refractivity contribution in [3.63, 3.8) is 0 Å². The van der Waals surface area contributed by atoms with Crippen LogP contribution in [0.5, 0.6) is 0 Å². The Morgan fingerprint density at radius 1 is 0.189 bits per heavy atom. The average Bonchev–Trinajstić information content (AvgIpc) is 2.49. The third-order valence-corrected chi connectivity index (χ3v) is 187. The first-order valence-corrected chi connectivity index (χ1v) is 61.6. The number of hydrogen-bond donors (Lipinski definition) is 4. The van der Waals surface area contributed by atoms with Crippen molar-refractivity contribution in [2.45, 2.75) is 0 Å². The van der Waals surface area contributed by atoms with E-state index in [1.807, 2.05) is 0 Å². The van der Waals surface area contributed by atoms with Gasteiger partial charge < -0.3 is 0 Å². The summed E-state index contributed by atoms with van der Waals surface area (Å²) in [7, 11) is -4.39. The average molecular weight is 1830 g/mol. The summed E-state index contributed by atoms with van der Waals surface area (Å²) in [6, 6.07) is 0. The zero-order chi connectivity index (χ0) is 38.8. The van der Waals surface area contributed by atoms with Gasteiger partial charge in [-0.05, 0) is 0 Å². The summed E-state index contributed by atoms with van der Waals surface area (Å²) in [6.07, 6.45) is 0. The second kappa shape index (κ2) is 7.49. The molecule has 8 saturated heterocycles. The predicted molar refractivity (Wildman–Crippen MR) is 50.1 cm³/mol. The van der Waals surface area contributed by atoms with Gasteiger partial charge in [-0.25, -0.2) is 0 Å². The van der Waals surface area contributed by atoms with Crippen LogP contribution in [0, 0.1) is 0 Å². The van der Waals surface area contributed by atoms with E-state index >= 15 is 40.8 Å². The fourth-order valence-electron chi connectivity index (χ4n) is 5.17. The molecule has 8 aliphatic heterocycles. The molecule has 12 spiro atoms. The Balaban J connectivity index is 0.000000595. The van der Waals surface area contributed by atoms with Gasteiger partial charge in [-0.1, -0.05) is 0 Å². The van der Waals surface area contributed by atoms with E-state index in [1.54, 1.807) is 0 Å². The van der Waals surface area contributed by atoms with E-state index in [9.17, 15) is 0 Å². The molecule has 0 aromatic heterocycles. The van der Waals surface area contributed by atoms with Gasteiger partial charge in [0.15, 0.2) is 0 Å². The first-order valence-electron chi connectivity index (χ1n) is 10.8. The van der Waals surface area contributed by atoms with Crippen LogP contribution in [0.4, 0.5) is 0 Å². The van der Waals surface area contributed by atoms with Crippen LogP contribution in [0.1, 0.15) is 0 Å². The fourth-order valence-corrected chi connectivity index (χ4v) is 321. The van der Waals surface area contributed by atoms with Crippen molar-refractivity contribution in [2.75, 3.05) is 0 Å². The van der Waals surface area contributed by atoms with Crippen molar-refractivity contribution >= 4 is 8.17 Å². The molecule has 0 radical (unpaired) electrons. The fraction of sp³-hybridized carbons (Fsp3) is 0. The van der Waals surface area contributed by atoms with Crippen molar-refractivity contribution in [3.8, 4) is 0 Å². The van der Waals surface area contributed by atoms with Crippen LogP contribution in [0.3, 0.4) is 0 Å². The van der Waals surface area contributed by atoms with Gasteiger partial charge in [-0.15, -0.1) is 0 Å². The van der Waals surface area contributed by atoms with Crippen molar-refractivity contribution < 1.29 is 305 Å². The second-order valence-corrected chi connectivity index (χ2v) is 107. The molecule has 8 fully saturated rings. The molecule has 53 heteroatoms. The van der Waals surface area contributed by atoms with Crippen molar-refractivity contribution in [3.05, 3.63) is 0 Å². The second-order valence-electron chi connectivity index (χ2n) is 10.3. The van der Waals surface area contributed by atoms with Gasteiger partial charge in [-0.2, -0.15) is 19.6 Å². The Morgan fingerprint density at radius 2 is 0.226 bits per heavy atom. The van der Waals surface area contributed by atoms with Gasteiger partial charge in [0.1, 0.15) is 0 Å². The Bertz CT molecular complexity index is 2040. The molecule has 8 rings (SSSR count). The van der Waals surface area contributed by atoms with Gasteiger partial charge in [0.05, 0.1) is 0 Å². The maximum absolute atomic E-state index is 15.2. The molecule has 0 aliphatic carbocycles. The Morgan fingerprint density at radius 3 is 0.264 bits per heavy atom. The zero-order valence-corrected chi connectivity index (χ0v) is 46.8. The van der Waals surface area contributed by atoms with E-state index < -0.39 is 204 Å². The van der Waals surface area contributed by atoms with Crippen molar-refractivity contribution in [1.82, 2.24) is 0 Å².